The second-order valence-electron chi connectivity index (χ2n) is 9.37. The van der Waals surface area contributed by atoms with Crippen molar-refractivity contribution in [2.75, 3.05) is 18.0 Å². The molecule has 9 nitrogen and oxygen atoms in total. The van der Waals surface area contributed by atoms with Gasteiger partial charge in [-0.25, -0.2) is 18.5 Å². The number of anilines is 1. The summed E-state index contributed by atoms with van der Waals surface area (Å²) >= 11 is 0. The van der Waals surface area contributed by atoms with E-state index < -0.39 is 27.9 Å². The predicted molar refractivity (Wildman–Crippen MR) is 135 cm³/mol. The number of carbonyl (C=O) groups excluding carboxylic acids is 3. The number of likely N-dealkylation sites (tertiary alicyclic amines) is 1. The fourth-order valence-electron chi connectivity index (χ4n) is 5.06. The van der Waals surface area contributed by atoms with Crippen LogP contribution in [0.2, 0.25) is 0 Å². The van der Waals surface area contributed by atoms with Gasteiger partial charge in [0.2, 0.25) is 21.8 Å². The Morgan fingerprint density at radius 1 is 1.03 bits per heavy atom. The molecule has 4 rings (SSSR count). The number of primary sulfonamides is 1. The van der Waals surface area contributed by atoms with E-state index in [0.29, 0.717) is 12.8 Å². The number of nitrogens with zero attached hydrogens (tertiary/aromatic N) is 3. The van der Waals surface area contributed by atoms with E-state index in [-0.39, 0.29) is 29.0 Å². The van der Waals surface area contributed by atoms with Gasteiger partial charge in [0, 0.05) is 32.1 Å². The molecule has 0 aliphatic carbocycles. The molecule has 3 amide bonds. The highest BCUT2D eigenvalue weighted by Crippen LogP contribution is 2.30. The molecule has 2 aliphatic heterocycles. The van der Waals surface area contributed by atoms with E-state index in [4.69, 9.17) is 5.14 Å². The number of sulfonamides is 1. The molecule has 1 unspecified atom stereocenters. The first-order chi connectivity index (χ1) is 17.2. The van der Waals surface area contributed by atoms with Crippen molar-refractivity contribution < 1.29 is 22.8 Å². The Hall–Kier alpha value is -3.08. The SMILES string of the molecule is CCCC(=O)N(C1CCN(Cc2ccccc2)CC1)C1CC(=O)N(c2ccc(S(N)(=O)=O)cc2)C1=O. The van der Waals surface area contributed by atoms with Gasteiger partial charge in [0.05, 0.1) is 17.0 Å². The minimum atomic E-state index is -3.90. The van der Waals surface area contributed by atoms with E-state index in [1.807, 2.05) is 25.1 Å². The first-order valence-corrected chi connectivity index (χ1v) is 13.8. The van der Waals surface area contributed by atoms with Crippen LogP contribution in [0.25, 0.3) is 0 Å². The van der Waals surface area contributed by atoms with Gasteiger partial charge >= 0.3 is 0 Å². The Balaban J connectivity index is 1.50. The Morgan fingerprint density at radius 3 is 2.25 bits per heavy atom. The fourth-order valence-corrected chi connectivity index (χ4v) is 5.58. The monoisotopic (exact) mass is 512 g/mol. The number of piperidine rings is 1. The van der Waals surface area contributed by atoms with Crippen LogP contribution in [0.1, 0.15) is 44.6 Å². The number of hydrogen-bond donors (Lipinski definition) is 1. The maximum absolute atomic E-state index is 13.5. The van der Waals surface area contributed by atoms with Crippen molar-refractivity contribution in [3.63, 3.8) is 0 Å². The maximum Gasteiger partial charge on any atom is 0.257 e. The molecule has 0 radical (unpaired) electrons. The van der Waals surface area contributed by atoms with Crippen molar-refractivity contribution in [1.29, 1.82) is 0 Å². The predicted octanol–water partition coefficient (Wildman–Crippen LogP) is 2.26. The zero-order valence-corrected chi connectivity index (χ0v) is 21.2. The summed E-state index contributed by atoms with van der Waals surface area (Å²) in [7, 11) is -3.90. The van der Waals surface area contributed by atoms with Gasteiger partial charge in [-0.1, -0.05) is 37.3 Å². The van der Waals surface area contributed by atoms with E-state index in [1.165, 1.54) is 29.8 Å². The molecule has 36 heavy (non-hydrogen) atoms. The molecule has 2 aromatic carbocycles. The van der Waals surface area contributed by atoms with Crippen LogP contribution >= 0.6 is 0 Å². The summed E-state index contributed by atoms with van der Waals surface area (Å²) in [5.41, 5.74) is 1.50. The topological polar surface area (TPSA) is 121 Å². The number of rotatable bonds is 8. The van der Waals surface area contributed by atoms with Crippen LogP contribution in [0.3, 0.4) is 0 Å². The van der Waals surface area contributed by atoms with Crippen LogP contribution in [0.15, 0.2) is 59.5 Å². The molecular formula is C26H32N4O5S. The Morgan fingerprint density at radius 2 is 1.67 bits per heavy atom. The van der Waals surface area contributed by atoms with Gasteiger partial charge < -0.3 is 4.90 Å². The van der Waals surface area contributed by atoms with Crippen LogP contribution < -0.4 is 10.0 Å². The first-order valence-electron chi connectivity index (χ1n) is 12.3. The summed E-state index contributed by atoms with van der Waals surface area (Å²) in [6.45, 7) is 4.34. The molecule has 10 heteroatoms. The van der Waals surface area contributed by atoms with Crippen molar-refractivity contribution in [1.82, 2.24) is 9.80 Å². The Labute approximate surface area is 211 Å². The third kappa shape index (κ3) is 5.66. The highest BCUT2D eigenvalue weighted by atomic mass is 32.2. The normalized spacial score (nSPS) is 19.6. The van der Waals surface area contributed by atoms with E-state index >= 15 is 0 Å². The van der Waals surface area contributed by atoms with Gasteiger partial charge in [0.15, 0.2) is 0 Å². The maximum atomic E-state index is 13.5. The third-order valence-corrected chi connectivity index (χ3v) is 7.76. The Kier molecular flexibility index (Phi) is 7.87. The minimum absolute atomic E-state index is 0.0878. The minimum Gasteiger partial charge on any atom is -0.327 e. The molecule has 0 saturated carbocycles. The van der Waals surface area contributed by atoms with Gasteiger partial charge in [0.25, 0.3) is 5.91 Å². The second kappa shape index (κ2) is 10.9. The van der Waals surface area contributed by atoms with Crippen LogP contribution in [0.4, 0.5) is 5.69 Å². The molecule has 1 atom stereocenters. The van der Waals surface area contributed by atoms with E-state index in [1.54, 1.807) is 4.90 Å². The average Bonchev–Trinajstić information content (AvgIpc) is 3.14. The van der Waals surface area contributed by atoms with E-state index in [9.17, 15) is 22.8 Å². The highest BCUT2D eigenvalue weighted by Gasteiger charge is 2.46. The number of imide groups is 1. The van der Waals surface area contributed by atoms with E-state index in [0.717, 1.165) is 37.4 Å². The van der Waals surface area contributed by atoms with Gasteiger partial charge in [0.1, 0.15) is 6.04 Å². The summed E-state index contributed by atoms with van der Waals surface area (Å²) in [5, 5.41) is 5.15. The van der Waals surface area contributed by atoms with E-state index in [2.05, 4.69) is 17.0 Å². The summed E-state index contributed by atoms with van der Waals surface area (Å²) in [4.78, 5) is 44.5. The quantitative estimate of drug-likeness (QED) is 0.542. The van der Waals surface area contributed by atoms with Crippen molar-refractivity contribution in [2.24, 2.45) is 5.14 Å². The summed E-state index contributed by atoms with van der Waals surface area (Å²) in [6, 6.07) is 14.5. The van der Waals surface area contributed by atoms with Crippen LogP contribution in [-0.4, -0.2) is 61.1 Å². The summed E-state index contributed by atoms with van der Waals surface area (Å²) < 4.78 is 23.1. The smallest absolute Gasteiger partial charge is 0.257 e. The molecular weight excluding hydrogens is 480 g/mol. The average molecular weight is 513 g/mol. The Bertz CT molecular complexity index is 1210. The van der Waals surface area contributed by atoms with Crippen LogP contribution in [-0.2, 0) is 31.0 Å². The van der Waals surface area contributed by atoms with Crippen molar-refractivity contribution in [3.8, 4) is 0 Å². The lowest BCUT2D eigenvalue weighted by Crippen LogP contribution is -2.54. The molecule has 2 saturated heterocycles. The highest BCUT2D eigenvalue weighted by molar-refractivity contribution is 7.89. The van der Waals surface area contributed by atoms with Crippen molar-refractivity contribution in [3.05, 3.63) is 60.2 Å². The fraction of sp³-hybridized carbons (Fsp3) is 0.423. The lowest BCUT2D eigenvalue weighted by molar-refractivity contribution is -0.142. The number of benzene rings is 2. The lowest BCUT2D eigenvalue weighted by Gasteiger charge is -2.40. The molecule has 0 spiro atoms. The zero-order chi connectivity index (χ0) is 25.9. The summed E-state index contributed by atoms with van der Waals surface area (Å²) in [5.74, 6) is -0.986. The number of nitrogens with two attached hydrogens (primary N) is 1. The molecule has 2 fully saturated rings. The lowest BCUT2D eigenvalue weighted by atomic mass is 9.99. The molecule has 2 heterocycles. The molecule has 2 aliphatic rings. The zero-order valence-electron chi connectivity index (χ0n) is 20.4. The van der Waals surface area contributed by atoms with Gasteiger partial charge in [-0.05, 0) is 49.1 Å². The standard InChI is InChI=1S/C26H32N4O5S/c1-2-6-24(31)29(21-13-15-28(16-14-21)18-19-7-4-3-5-8-19)23-17-25(32)30(26(23)33)20-9-11-22(12-10-20)36(27,34)35/h3-5,7-12,21,23H,2,6,13-18H2,1H3,(H2,27,34,35). The largest absolute Gasteiger partial charge is 0.327 e. The third-order valence-electron chi connectivity index (χ3n) is 6.83. The van der Waals surface area contributed by atoms with Crippen LogP contribution in [0.5, 0.6) is 0 Å². The number of hydrogen-bond acceptors (Lipinski definition) is 6. The molecule has 0 bridgehead atoms. The molecule has 0 aromatic heterocycles. The molecule has 2 aromatic rings. The summed E-state index contributed by atoms with van der Waals surface area (Å²) in [6.07, 6.45) is 2.32. The van der Waals surface area contributed by atoms with Crippen LogP contribution in [0, 0.1) is 0 Å². The first kappa shape index (κ1) is 26.0. The van der Waals surface area contributed by atoms with Gasteiger partial charge in [-0.3, -0.25) is 19.3 Å². The van der Waals surface area contributed by atoms with Gasteiger partial charge in [-0.15, -0.1) is 0 Å². The molecule has 192 valence electrons. The van der Waals surface area contributed by atoms with Crippen molar-refractivity contribution in [2.45, 2.75) is 62.6 Å². The number of amides is 3. The van der Waals surface area contributed by atoms with Gasteiger partial charge in [-0.2, -0.15) is 0 Å². The number of carbonyl (C=O) groups is 3. The second-order valence-corrected chi connectivity index (χ2v) is 10.9. The molecule has 2 N–H and O–H groups in total. The van der Waals surface area contributed by atoms with Crippen molar-refractivity contribution >= 4 is 33.4 Å².